The Bertz CT molecular complexity index is 796. The number of benzene rings is 2. The van der Waals surface area contributed by atoms with Gasteiger partial charge in [-0.15, -0.1) is 0 Å². The van der Waals surface area contributed by atoms with Gasteiger partial charge in [0.05, 0.1) is 12.5 Å². The SMILES string of the molecule is N#CCc1ccc(NS(=O)(=O)c2ccc(N)cc2Br)cc1. The Morgan fingerprint density at radius 1 is 1.19 bits per heavy atom. The van der Waals surface area contributed by atoms with E-state index in [1.165, 1.54) is 18.2 Å². The maximum Gasteiger partial charge on any atom is 0.263 e. The molecule has 0 fully saturated rings. The molecule has 2 aromatic carbocycles. The van der Waals surface area contributed by atoms with Crippen LogP contribution in [0.5, 0.6) is 0 Å². The lowest BCUT2D eigenvalue weighted by atomic mass is 10.1. The molecular weight excluding hydrogens is 354 g/mol. The van der Waals surface area contributed by atoms with E-state index in [0.717, 1.165) is 5.56 Å². The van der Waals surface area contributed by atoms with Crippen molar-refractivity contribution in [2.45, 2.75) is 11.3 Å². The zero-order valence-corrected chi connectivity index (χ0v) is 13.3. The Labute approximate surface area is 131 Å². The molecule has 0 saturated carbocycles. The first-order valence-electron chi connectivity index (χ1n) is 5.96. The van der Waals surface area contributed by atoms with Crippen molar-refractivity contribution < 1.29 is 8.42 Å². The Morgan fingerprint density at radius 3 is 2.43 bits per heavy atom. The molecule has 0 aromatic heterocycles. The molecule has 3 N–H and O–H groups in total. The Balaban J connectivity index is 2.27. The van der Waals surface area contributed by atoms with Crippen molar-refractivity contribution in [3.8, 4) is 6.07 Å². The summed E-state index contributed by atoms with van der Waals surface area (Å²) in [6, 6.07) is 13.2. The van der Waals surface area contributed by atoms with Crippen LogP contribution in [0.1, 0.15) is 5.56 Å². The van der Waals surface area contributed by atoms with Gasteiger partial charge < -0.3 is 5.73 Å². The van der Waals surface area contributed by atoms with Crippen molar-refractivity contribution in [2.75, 3.05) is 10.5 Å². The van der Waals surface area contributed by atoms with Crippen LogP contribution < -0.4 is 10.5 Å². The molecule has 0 aliphatic heterocycles. The molecular formula is C14H12BrN3O2S. The summed E-state index contributed by atoms with van der Waals surface area (Å²) in [7, 11) is -3.70. The minimum atomic E-state index is -3.70. The van der Waals surface area contributed by atoms with Crippen molar-refractivity contribution in [2.24, 2.45) is 0 Å². The average molecular weight is 366 g/mol. The lowest BCUT2D eigenvalue weighted by Crippen LogP contribution is -2.13. The summed E-state index contributed by atoms with van der Waals surface area (Å²) in [5.74, 6) is 0. The average Bonchev–Trinajstić information content (AvgIpc) is 2.40. The smallest absolute Gasteiger partial charge is 0.263 e. The quantitative estimate of drug-likeness (QED) is 0.814. The van der Waals surface area contributed by atoms with E-state index in [4.69, 9.17) is 11.0 Å². The third kappa shape index (κ3) is 3.74. The molecule has 21 heavy (non-hydrogen) atoms. The molecule has 0 bridgehead atoms. The van der Waals surface area contributed by atoms with Gasteiger partial charge in [-0.3, -0.25) is 4.72 Å². The fourth-order valence-corrected chi connectivity index (χ4v) is 3.88. The number of hydrogen-bond donors (Lipinski definition) is 2. The molecule has 0 aliphatic rings. The number of sulfonamides is 1. The number of rotatable bonds is 4. The topological polar surface area (TPSA) is 96.0 Å². The molecule has 108 valence electrons. The standard InChI is InChI=1S/C14H12BrN3O2S/c15-13-9-11(17)3-6-14(13)21(19,20)18-12-4-1-10(2-5-12)7-8-16/h1-6,9,18H,7,17H2. The van der Waals surface area contributed by atoms with E-state index in [2.05, 4.69) is 20.7 Å². The molecule has 0 radical (unpaired) electrons. The molecule has 2 rings (SSSR count). The normalized spacial score (nSPS) is 10.9. The highest BCUT2D eigenvalue weighted by Gasteiger charge is 2.17. The predicted octanol–water partition coefficient (Wildman–Crippen LogP) is 2.90. The van der Waals surface area contributed by atoms with Crippen molar-refractivity contribution in [3.63, 3.8) is 0 Å². The summed E-state index contributed by atoms with van der Waals surface area (Å²) in [6.45, 7) is 0. The highest BCUT2D eigenvalue weighted by molar-refractivity contribution is 9.10. The van der Waals surface area contributed by atoms with Gasteiger partial charge in [-0.1, -0.05) is 12.1 Å². The van der Waals surface area contributed by atoms with Crippen LogP contribution in [0.15, 0.2) is 51.8 Å². The number of nitrogens with one attached hydrogen (secondary N) is 1. The lowest BCUT2D eigenvalue weighted by Gasteiger charge is -2.10. The highest BCUT2D eigenvalue weighted by atomic mass is 79.9. The lowest BCUT2D eigenvalue weighted by molar-refractivity contribution is 0.601. The number of nitrogen functional groups attached to an aromatic ring is 1. The Hall–Kier alpha value is -2.04. The third-order valence-corrected chi connectivity index (χ3v) is 5.09. The van der Waals surface area contributed by atoms with Crippen LogP contribution in [-0.2, 0) is 16.4 Å². The van der Waals surface area contributed by atoms with E-state index in [1.807, 2.05) is 6.07 Å². The first kappa shape index (κ1) is 15.4. The van der Waals surface area contributed by atoms with Gasteiger partial charge in [0.2, 0.25) is 0 Å². The zero-order valence-electron chi connectivity index (χ0n) is 10.9. The molecule has 7 heteroatoms. The molecule has 0 aliphatic carbocycles. The van der Waals surface area contributed by atoms with Crippen LogP contribution in [0.25, 0.3) is 0 Å². The fraction of sp³-hybridized carbons (Fsp3) is 0.0714. The molecule has 0 spiro atoms. The largest absolute Gasteiger partial charge is 0.399 e. The van der Waals surface area contributed by atoms with Crippen LogP contribution >= 0.6 is 15.9 Å². The second-order valence-corrected chi connectivity index (χ2v) is 6.83. The predicted molar refractivity (Wildman–Crippen MR) is 85.1 cm³/mol. The first-order valence-corrected chi connectivity index (χ1v) is 8.24. The van der Waals surface area contributed by atoms with Crippen molar-refractivity contribution in [1.82, 2.24) is 0 Å². The highest BCUT2D eigenvalue weighted by Crippen LogP contribution is 2.26. The maximum absolute atomic E-state index is 12.3. The number of nitriles is 1. The number of anilines is 2. The van der Waals surface area contributed by atoms with E-state index in [-0.39, 0.29) is 11.3 Å². The van der Waals surface area contributed by atoms with Crippen LogP contribution in [0.2, 0.25) is 0 Å². The van der Waals surface area contributed by atoms with Crippen LogP contribution in [-0.4, -0.2) is 8.42 Å². The van der Waals surface area contributed by atoms with E-state index in [0.29, 0.717) is 15.8 Å². The van der Waals surface area contributed by atoms with Crippen LogP contribution in [0.3, 0.4) is 0 Å². The minimum Gasteiger partial charge on any atom is -0.399 e. The molecule has 0 heterocycles. The van der Waals surface area contributed by atoms with Crippen LogP contribution in [0, 0.1) is 11.3 Å². The van der Waals surface area contributed by atoms with E-state index in [1.54, 1.807) is 24.3 Å². The summed E-state index contributed by atoms with van der Waals surface area (Å²) >= 11 is 3.19. The second-order valence-electron chi connectivity index (χ2n) is 4.33. The number of halogens is 1. The third-order valence-electron chi connectivity index (χ3n) is 2.73. The number of nitrogens with zero attached hydrogens (tertiary/aromatic N) is 1. The van der Waals surface area contributed by atoms with Crippen molar-refractivity contribution >= 4 is 37.3 Å². The molecule has 0 saturated heterocycles. The maximum atomic E-state index is 12.3. The van der Waals surface area contributed by atoms with Gasteiger partial charge in [0, 0.05) is 15.8 Å². The molecule has 5 nitrogen and oxygen atoms in total. The zero-order chi connectivity index (χ0) is 15.5. The first-order chi connectivity index (χ1) is 9.92. The molecule has 0 atom stereocenters. The monoisotopic (exact) mass is 365 g/mol. The van der Waals surface area contributed by atoms with Gasteiger partial charge in [-0.25, -0.2) is 8.42 Å². The minimum absolute atomic E-state index is 0.109. The van der Waals surface area contributed by atoms with Gasteiger partial charge in [0.15, 0.2) is 0 Å². The van der Waals surface area contributed by atoms with Crippen molar-refractivity contribution in [1.29, 1.82) is 5.26 Å². The Morgan fingerprint density at radius 2 is 1.86 bits per heavy atom. The van der Waals surface area contributed by atoms with E-state index >= 15 is 0 Å². The number of hydrogen-bond acceptors (Lipinski definition) is 4. The summed E-state index contributed by atoms with van der Waals surface area (Å²) in [4.78, 5) is 0.109. The second kappa shape index (κ2) is 6.16. The summed E-state index contributed by atoms with van der Waals surface area (Å²) < 4.78 is 27.5. The van der Waals surface area contributed by atoms with Gasteiger partial charge in [-0.2, -0.15) is 5.26 Å². The molecule has 2 aromatic rings. The summed E-state index contributed by atoms with van der Waals surface area (Å²) in [6.07, 6.45) is 0.288. The van der Waals surface area contributed by atoms with E-state index < -0.39 is 10.0 Å². The van der Waals surface area contributed by atoms with Gasteiger partial charge >= 0.3 is 0 Å². The van der Waals surface area contributed by atoms with Gasteiger partial charge in [-0.05, 0) is 51.8 Å². The van der Waals surface area contributed by atoms with Crippen molar-refractivity contribution in [3.05, 3.63) is 52.5 Å². The summed E-state index contributed by atoms with van der Waals surface area (Å²) in [5, 5.41) is 8.60. The number of nitrogens with two attached hydrogens (primary N) is 1. The van der Waals surface area contributed by atoms with Crippen LogP contribution in [0.4, 0.5) is 11.4 Å². The molecule has 0 unspecified atom stereocenters. The Kier molecular flexibility index (Phi) is 4.50. The molecule has 0 amide bonds. The van der Waals surface area contributed by atoms with E-state index in [9.17, 15) is 8.42 Å². The van der Waals surface area contributed by atoms with Gasteiger partial charge in [0.25, 0.3) is 10.0 Å². The fourth-order valence-electron chi connectivity index (χ4n) is 1.73. The summed E-state index contributed by atoms with van der Waals surface area (Å²) in [5.41, 5.74) is 7.33. The van der Waals surface area contributed by atoms with Gasteiger partial charge in [0.1, 0.15) is 4.90 Å².